The number of aliphatic carboxylic acids is 1. The van der Waals surface area contributed by atoms with E-state index in [1.165, 1.54) is 0 Å². The molecule has 1 amide bonds. The lowest BCUT2D eigenvalue weighted by molar-refractivity contribution is -0.147. The third-order valence-electron chi connectivity index (χ3n) is 4.11. The van der Waals surface area contributed by atoms with E-state index in [4.69, 9.17) is 0 Å². The molecule has 0 spiro atoms. The lowest BCUT2D eigenvalue weighted by atomic mass is 9.80. The lowest BCUT2D eigenvalue weighted by Crippen LogP contribution is -2.53. The van der Waals surface area contributed by atoms with Gasteiger partial charge in [-0.2, -0.15) is 0 Å². The molecular formula is C14H25NO3. The van der Waals surface area contributed by atoms with Crippen LogP contribution in [-0.2, 0) is 9.59 Å². The number of amides is 1. The average Bonchev–Trinajstić information content (AvgIpc) is 2.73. The fraction of sp³-hybridized carbons (Fsp3) is 0.857. The van der Waals surface area contributed by atoms with Gasteiger partial charge in [-0.3, -0.25) is 4.79 Å². The molecule has 0 bridgehead atoms. The van der Waals surface area contributed by atoms with Crippen molar-refractivity contribution in [2.45, 2.75) is 65.8 Å². The van der Waals surface area contributed by atoms with Crippen molar-refractivity contribution in [3.05, 3.63) is 0 Å². The zero-order valence-corrected chi connectivity index (χ0v) is 11.9. The van der Waals surface area contributed by atoms with Crippen molar-refractivity contribution in [3.8, 4) is 0 Å². The van der Waals surface area contributed by atoms with Crippen LogP contribution in [0.15, 0.2) is 0 Å². The number of carboxylic acids is 1. The molecule has 1 rings (SSSR count). The van der Waals surface area contributed by atoms with E-state index in [-0.39, 0.29) is 11.3 Å². The van der Waals surface area contributed by atoms with Crippen LogP contribution in [0.1, 0.15) is 59.8 Å². The summed E-state index contributed by atoms with van der Waals surface area (Å²) in [5, 5.41) is 12.0. The first-order valence-corrected chi connectivity index (χ1v) is 6.77. The lowest BCUT2D eigenvalue weighted by Gasteiger charge is -2.33. The molecule has 18 heavy (non-hydrogen) atoms. The molecule has 1 fully saturated rings. The van der Waals surface area contributed by atoms with Crippen molar-refractivity contribution < 1.29 is 14.7 Å². The predicted octanol–water partition coefficient (Wildman–Crippen LogP) is 2.57. The highest BCUT2D eigenvalue weighted by atomic mass is 16.4. The molecule has 1 aliphatic carbocycles. The molecule has 0 unspecified atom stereocenters. The number of rotatable bonds is 4. The van der Waals surface area contributed by atoms with Crippen LogP contribution < -0.4 is 5.32 Å². The van der Waals surface area contributed by atoms with E-state index < -0.39 is 17.4 Å². The van der Waals surface area contributed by atoms with Gasteiger partial charge in [-0.15, -0.1) is 0 Å². The van der Waals surface area contributed by atoms with E-state index in [2.05, 4.69) is 5.32 Å². The van der Waals surface area contributed by atoms with Gasteiger partial charge < -0.3 is 10.4 Å². The van der Waals surface area contributed by atoms with Crippen molar-refractivity contribution in [2.24, 2.45) is 10.8 Å². The number of hydrogen-bond acceptors (Lipinski definition) is 2. The smallest absolute Gasteiger partial charge is 0.326 e. The van der Waals surface area contributed by atoms with E-state index in [1.54, 1.807) is 0 Å². The maximum Gasteiger partial charge on any atom is 0.326 e. The van der Waals surface area contributed by atoms with Gasteiger partial charge in [0.2, 0.25) is 5.91 Å². The van der Waals surface area contributed by atoms with Crippen molar-refractivity contribution in [1.82, 2.24) is 5.32 Å². The Morgan fingerprint density at radius 2 is 1.78 bits per heavy atom. The largest absolute Gasteiger partial charge is 0.480 e. The highest BCUT2D eigenvalue weighted by molar-refractivity contribution is 5.88. The third-order valence-corrected chi connectivity index (χ3v) is 4.11. The summed E-state index contributed by atoms with van der Waals surface area (Å²) in [5.41, 5.74) is -0.812. The van der Waals surface area contributed by atoms with Gasteiger partial charge in [-0.1, -0.05) is 40.5 Å². The molecule has 0 heterocycles. The Labute approximate surface area is 109 Å². The maximum absolute atomic E-state index is 12.4. The molecular weight excluding hydrogens is 230 g/mol. The van der Waals surface area contributed by atoms with Crippen LogP contribution in [0.3, 0.4) is 0 Å². The van der Waals surface area contributed by atoms with Crippen molar-refractivity contribution in [3.63, 3.8) is 0 Å². The minimum Gasteiger partial charge on any atom is -0.480 e. The number of hydrogen-bond donors (Lipinski definition) is 2. The van der Waals surface area contributed by atoms with Crippen LogP contribution in [0.4, 0.5) is 0 Å². The Bertz CT molecular complexity index is 324. The summed E-state index contributed by atoms with van der Waals surface area (Å²) < 4.78 is 0. The van der Waals surface area contributed by atoms with Crippen LogP contribution in [0, 0.1) is 10.8 Å². The molecule has 4 heteroatoms. The first-order valence-electron chi connectivity index (χ1n) is 6.77. The summed E-state index contributed by atoms with van der Waals surface area (Å²) in [6, 6.07) is -0.825. The molecule has 4 nitrogen and oxygen atoms in total. The van der Waals surface area contributed by atoms with Gasteiger partial charge >= 0.3 is 5.97 Å². The van der Waals surface area contributed by atoms with Crippen molar-refractivity contribution in [2.75, 3.05) is 0 Å². The van der Waals surface area contributed by atoms with Crippen LogP contribution in [-0.4, -0.2) is 23.0 Å². The summed E-state index contributed by atoms with van der Waals surface area (Å²) in [6.07, 6.45) is 4.68. The fourth-order valence-electron chi connectivity index (χ4n) is 2.73. The Morgan fingerprint density at radius 1 is 1.28 bits per heavy atom. The molecule has 0 radical (unpaired) electrons. The number of carbonyl (C=O) groups is 2. The highest BCUT2D eigenvalue weighted by Crippen LogP contribution is 2.41. The van der Waals surface area contributed by atoms with E-state index in [0.29, 0.717) is 0 Å². The molecule has 0 saturated heterocycles. The van der Waals surface area contributed by atoms with Crippen LogP contribution >= 0.6 is 0 Å². The minimum atomic E-state index is -0.958. The van der Waals surface area contributed by atoms with Crippen molar-refractivity contribution >= 4 is 11.9 Å². The zero-order chi connectivity index (χ0) is 14.0. The molecule has 1 saturated carbocycles. The quantitative estimate of drug-likeness (QED) is 0.811. The van der Waals surface area contributed by atoms with Gasteiger partial charge in [0.15, 0.2) is 0 Å². The normalized spacial score (nSPS) is 20.4. The Kier molecular flexibility index (Phi) is 4.41. The predicted molar refractivity (Wildman–Crippen MR) is 70.2 cm³/mol. The maximum atomic E-state index is 12.4. The first kappa shape index (κ1) is 15.0. The van der Waals surface area contributed by atoms with E-state index in [1.807, 2.05) is 27.7 Å². The summed E-state index contributed by atoms with van der Waals surface area (Å²) in [7, 11) is 0. The Hall–Kier alpha value is -1.06. The van der Waals surface area contributed by atoms with Gasteiger partial charge in [0.25, 0.3) is 0 Å². The van der Waals surface area contributed by atoms with Gasteiger partial charge in [-0.05, 0) is 24.7 Å². The number of carboxylic acid groups (broad SMARTS) is 1. The average molecular weight is 255 g/mol. The van der Waals surface area contributed by atoms with E-state index in [9.17, 15) is 14.7 Å². The van der Waals surface area contributed by atoms with Crippen molar-refractivity contribution in [1.29, 1.82) is 0 Å². The molecule has 0 aromatic rings. The second-order valence-corrected chi connectivity index (χ2v) is 6.45. The third kappa shape index (κ3) is 3.03. The van der Waals surface area contributed by atoms with Crippen LogP contribution in [0.2, 0.25) is 0 Å². The summed E-state index contributed by atoms with van der Waals surface area (Å²) in [5.74, 6) is -1.04. The fourth-order valence-corrected chi connectivity index (χ4v) is 2.73. The molecule has 0 aliphatic heterocycles. The van der Waals surface area contributed by atoms with Gasteiger partial charge in [-0.25, -0.2) is 4.79 Å². The molecule has 2 N–H and O–H groups in total. The highest BCUT2D eigenvalue weighted by Gasteiger charge is 2.42. The van der Waals surface area contributed by atoms with Gasteiger partial charge in [0.1, 0.15) is 6.04 Å². The molecule has 1 atom stereocenters. The molecule has 104 valence electrons. The van der Waals surface area contributed by atoms with E-state index >= 15 is 0 Å². The number of nitrogens with one attached hydrogen (secondary N) is 1. The zero-order valence-electron chi connectivity index (χ0n) is 11.9. The second-order valence-electron chi connectivity index (χ2n) is 6.45. The van der Waals surface area contributed by atoms with Crippen LogP contribution in [0.5, 0.6) is 0 Å². The monoisotopic (exact) mass is 255 g/mol. The van der Waals surface area contributed by atoms with Gasteiger partial charge in [0.05, 0.1) is 0 Å². The molecule has 0 aromatic heterocycles. The summed E-state index contributed by atoms with van der Waals surface area (Å²) >= 11 is 0. The van der Waals surface area contributed by atoms with E-state index in [0.717, 1.165) is 32.1 Å². The molecule has 0 aromatic carbocycles. The Morgan fingerprint density at radius 3 is 2.11 bits per heavy atom. The second kappa shape index (κ2) is 5.29. The van der Waals surface area contributed by atoms with Gasteiger partial charge in [0, 0.05) is 5.41 Å². The summed E-state index contributed by atoms with van der Waals surface area (Å²) in [6.45, 7) is 7.51. The standard InChI is InChI=1S/C14H25NO3/c1-5-14(8-6-7-9-14)12(18)15-10(11(16)17)13(2,3)4/h10H,5-9H2,1-4H3,(H,15,18)(H,16,17)/t10-/m1/s1. The minimum absolute atomic E-state index is 0.0789. The topological polar surface area (TPSA) is 66.4 Å². The SMILES string of the molecule is CCC1(C(=O)N[C@H](C(=O)O)C(C)(C)C)CCCC1. The molecule has 1 aliphatic rings. The first-order chi connectivity index (χ1) is 8.23. The summed E-state index contributed by atoms with van der Waals surface area (Å²) in [4.78, 5) is 23.7. The van der Waals surface area contributed by atoms with Crippen LogP contribution in [0.25, 0.3) is 0 Å². The Balaban J connectivity index is 2.81. The number of carbonyl (C=O) groups excluding carboxylic acids is 1.